The molecule has 1 amide bonds. The Balaban J connectivity index is 0.00000242. The van der Waals surface area contributed by atoms with Crippen LogP contribution in [0.4, 0.5) is 10.1 Å². The Morgan fingerprint density at radius 2 is 1.73 bits per heavy atom. The summed E-state index contributed by atoms with van der Waals surface area (Å²) in [5.41, 5.74) is 1.01. The normalized spacial score (nSPS) is 11.2. The van der Waals surface area contributed by atoms with Gasteiger partial charge in [0, 0.05) is 17.8 Å². The van der Waals surface area contributed by atoms with Crippen LogP contribution in [0.5, 0.6) is 0 Å². The van der Waals surface area contributed by atoms with Crippen LogP contribution in [0.2, 0.25) is 0 Å². The van der Waals surface area contributed by atoms with Crippen molar-refractivity contribution in [1.82, 2.24) is 5.32 Å². The molecular formula is C16H18ClFN2O2. The number of carbonyl (C=O) groups excluding carboxylic acids is 1. The Morgan fingerprint density at radius 3 is 2.41 bits per heavy atom. The average Bonchev–Trinajstić information content (AvgIpc) is 2.52. The largest absolute Gasteiger partial charge is 0.386 e. The van der Waals surface area contributed by atoms with Crippen LogP contribution in [0.25, 0.3) is 0 Å². The molecule has 0 saturated carbocycles. The van der Waals surface area contributed by atoms with Crippen molar-refractivity contribution in [3.05, 3.63) is 66.0 Å². The maximum absolute atomic E-state index is 13.4. The SMILES string of the molecule is Cl.O=C(CNc1ccccc1)NCC(O)c1ccccc1F. The van der Waals surface area contributed by atoms with Crippen LogP contribution >= 0.6 is 12.4 Å². The maximum Gasteiger partial charge on any atom is 0.239 e. The van der Waals surface area contributed by atoms with Crippen molar-refractivity contribution in [3.8, 4) is 0 Å². The van der Waals surface area contributed by atoms with E-state index in [0.717, 1.165) is 5.69 Å². The lowest BCUT2D eigenvalue weighted by Gasteiger charge is -2.13. The number of nitrogens with one attached hydrogen (secondary N) is 2. The van der Waals surface area contributed by atoms with Crippen molar-refractivity contribution in [1.29, 1.82) is 0 Å². The molecule has 22 heavy (non-hydrogen) atoms. The summed E-state index contributed by atoms with van der Waals surface area (Å²) in [4.78, 5) is 11.7. The fraction of sp³-hybridized carbons (Fsp3) is 0.188. The zero-order chi connectivity index (χ0) is 15.1. The number of aliphatic hydroxyl groups is 1. The fourth-order valence-electron chi connectivity index (χ4n) is 1.87. The molecule has 2 aromatic rings. The number of para-hydroxylation sites is 1. The summed E-state index contributed by atoms with van der Waals surface area (Å²) in [6.45, 7) is 0.0598. The van der Waals surface area contributed by atoms with E-state index in [2.05, 4.69) is 10.6 Å². The van der Waals surface area contributed by atoms with E-state index in [4.69, 9.17) is 0 Å². The molecule has 2 rings (SSSR count). The standard InChI is InChI=1S/C16H17FN2O2.ClH/c17-14-9-5-4-8-13(14)15(20)10-19-16(21)11-18-12-6-2-1-3-7-12;/h1-9,15,18,20H,10-11H2,(H,19,21);1H. The average molecular weight is 325 g/mol. The highest BCUT2D eigenvalue weighted by molar-refractivity contribution is 5.85. The van der Waals surface area contributed by atoms with Gasteiger partial charge in [-0.1, -0.05) is 36.4 Å². The molecule has 3 N–H and O–H groups in total. The molecule has 0 aliphatic heterocycles. The van der Waals surface area contributed by atoms with Gasteiger partial charge in [0.05, 0.1) is 12.6 Å². The molecule has 0 fully saturated rings. The second-order valence-corrected chi connectivity index (χ2v) is 4.56. The van der Waals surface area contributed by atoms with Gasteiger partial charge >= 0.3 is 0 Å². The molecule has 0 radical (unpaired) electrons. The van der Waals surface area contributed by atoms with E-state index in [1.807, 2.05) is 30.3 Å². The number of carbonyl (C=O) groups is 1. The molecule has 0 aromatic heterocycles. The van der Waals surface area contributed by atoms with Crippen molar-refractivity contribution in [2.75, 3.05) is 18.4 Å². The summed E-state index contributed by atoms with van der Waals surface area (Å²) in [5.74, 6) is -0.754. The second-order valence-electron chi connectivity index (χ2n) is 4.56. The topological polar surface area (TPSA) is 61.4 Å². The van der Waals surface area contributed by atoms with Gasteiger partial charge in [0.1, 0.15) is 5.82 Å². The van der Waals surface area contributed by atoms with Crippen molar-refractivity contribution < 1.29 is 14.3 Å². The number of aliphatic hydroxyl groups excluding tert-OH is 1. The molecule has 0 bridgehead atoms. The van der Waals surface area contributed by atoms with Crippen LogP contribution in [0, 0.1) is 5.82 Å². The van der Waals surface area contributed by atoms with Crippen molar-refractivity contribution >= 4 is 24.0 Å². The fourth-order valence-corrected chi connectivity index (χ4v) is 1.87. The van der Waals surface area contributed by atoms with E-state index in [9.17, 15) is 14.3 Å². The van der Waals surface area contributed by atoms with Crippen molar-refractivity contribution in [3.63, 3.8) is 0 Å². The van der Waals surface area contributed by atoms with E-state index in [-0.39, 0.29) is 37.0 Å². The first-order valence-corrected chi connectivity index (χ1v) is 6.65. The minimum atomic E-state index is -1.06. The van der Waals surface area contributed by atoms with Crippen LogP contribution in [-0.2, 0) is 4.79 Å². The highest BCUT2D eigenvalue weighted by atomic mass is 35.5. The maximum atomic E-state index is 13.4. The predicted octanol–water partition coefficient (Wildman–Crippen LogP) is 2.51. The van der Waals surface area contributed by atoms with Gasteiger partial charge in [-0.05, 0) is 18.2 Å². The second kappa shape index (κ2) is 9.02. The molecule has 0 spiro atoms. The minimum Gasteiger partial charge on any atom is -0.386 e. The number of amides is 1. The Kier molecular flexibility index (Phi) is 7.36. The summed E-state index contributed by atoms with van der Waals surface area (Å²) >= 11 is 0. The van der Waals surface area contributed by atoms with Crippen LogP contribution in [-0.4, -0.2) is 24.1 Å². The number of rotatable bonds is 6. The minimum absolute atomic E-state index is 0. The molecule has 0 saturated heterocycles. The van der Waals surface area contributed by atoms with Gasteiger partial charge in [0.25, 0.3) is 0 Å². The van der Waals surface area contributed by atoms with E-state index in [1.165, 1.54) is 12.1 Å². The Hall–Kier alpha value is -2.11. The quantitative estimate of drug-likeness (QED) is 0.765. The highest BCUT2D eigenvalue weighted by Crippen LogP contribution is 2.15. The van der Waals surface area contributed by atoms with Gasteiger partial charge in [-0.25, -0.2) is 4.39 Å². The van der Waals surface area contributed by atoms with Gasteiger partial charge in [-0.15, -0.1) is 12.4 Å². The lowest BCUT2D eigenvalue weighted by atomic mass is 10.1. The summed E-state index contributed by atoms with van der Waals surface area (Å²) < 4.78 is 13.4. The van der Waals surface area contributed by atoms with E-state index in [0.29, 0.717) is 0 Å². The third-order valence-electron chi connectivity index (χ3n) is 2.98. The monoisotopic (exact) mass is 324 g/mol. The summed E-state index contributed by atoms with van der Waals surface area (Å²) in [6, 6.07) is 15.3. The van der Waals surface area contributed by atoms with Crippen LogP contribution in [0.3, 0.4) is 0 Å². The van der Waals surface area contributed by atoms with Gasteiger partial charge in [-0.3, -0.25) is 4.79 Å². The van der Waals surface area contributed by atoms with Gasteiger partial charge < -0.3 is 15.7 Å². The van der Waals surface area contributed by atoms with Gasteiger partial charge in [-0.2, -0.15) is 0 Å². The van der Waals surface area contributed by atoms with Crippen molar-refractivity contribution in [2.45, 2.75) is 6.10 Å². The van der Waals surface area contributed by atoms with E-state index < -0.39 is 11.9 Å². The molecule has 1 atom stereocenters. The smallest absolute Gasteiger partial charge is 0.239 e. The Morgan fingerprint density at radius 1 is 1.09 bits per heavy atom. The highest BCUT2D eigenvalue weighted by Gasteiger charge is 2.13. The zero-order valence-corrected chi connectivity index (χ0v) is 12.6. The van der Waals surface area contributed by atoms with Crippen LogP contribution in [0.15, 0.2) is 54.6 Å². The Labute approximate surface area is 134 Å². The first-order chi connectivity index (χ1) is 10.2. The zero-order valence-electron chi connectivity index (χ0n) is 11.8. The van der Waals surface area contributed by atoms with E-state index in [1.54, 1.807) is 12.1 Å². The number of halogens is 2. The lowest BCUT2D eigenvalue weighted by Crippen LogP contribution is -2.33. The number of benzene rings is 2. The first kappa shape index (κ1) is 17.9. The van der Waals surface area contributed by atoms with E-state index >= 15 is 0 Å². The molecule has 6 heteroatoms. The predicted molar refractivity (Wildman–Crippen MR) is 86.5 cm³/mol. The summed E-state index contributed by atoms with van der Waals surface area (Å²) in [5, 5.41) is 15.4. The molecule has 0 aliphatic rings. The van der Waals surface area contributed by atoms with Crippen LogP contribution in [0.1, 0.15) is 11.7 Å². The molecule has 1 unspecified atom stereocenters. The molecular weight excluding hydrogens is 307 g/mol. The lowest BCUT2D eigenvalue weighted by molar-refractivity contribution is -0.119. The molecule has 118 valence electrons. The molecule has 2 aromatic carbocycles. The third-order valence-corrected chi connectivity index (χ3v) is 2.98. The van der Waals surface area contributed by atoms with Gasteiger partial charge in [0.15, 0.2) is 0 Å². The van der Waals surface area contributed by atoms with Gasteiger partial charge in [0.2, 0.25) is 5.91 Å². The summed E-state index contributed by atoms with van der Waals surface area (Å²) in [7, 11) is 0. The first-order valence-electron chi connectivity index (χ1n) is 6.65. The molecule has 0 aliphatic carbocycles. The third kappa shape index (κ3) is 5.35. The molecule has 0 heterocycles. The van der Waals surface area contributed by atoms with Crippen molar-refractivity contribution in [2.24, 2.45) is 0 Å². The molecule has 4 nitrogen and oxygen atoms in total. The number of anilines is 1. The Bertz CT molecular complexity index is 596. The summed E-state index contributed by atoms with van der Waals surface area (Å²) in [6.07, 6.45) is -1.06. The number of hydrogen-bond acceptors (Lipinski definition) is 3. The van der Waals surface area contributed by atoms with Crippen LogP contribution < -0.4 is 10.6 Å². The number of hydrogen-bond donors (Lipinski definition) is 3.